The number of hydrogen-bond donors (Lipinski definition) is 0. The van der Waals surface area contributed by atoms with Crippen molar-refractivity contribution in [3.05, 3.63) is 136 Å². The van der Waals surface area contributed by atoms with Gasteiger partial charge >= 0.3 is 0 Å². The molecule has 0 unspecified atom stereocenters. The van der Waals surface area contributed by atoms with Gasteiger partial charge in [0.1, 0.15) is 0 Å². The lowest BCUT2D eigenvalue weighted by atomic mass is 9.32. The Morgan fingerprint density at radius 1 is 0.403 bits per heavy atom. The summed E-state index contributed by atoms with van der Waals surface area (Å²) >= 11 is 1.99. The molecule has 0 bridgehead atoms. The van der Waals surface area contributed by atoms with Crippen molar-refractivity contribution in [1.82, 2.24) is 0 Å². The zero-order valence-electron chi connectivity index (χ0n) is 47.3. The van der Waals surface area contributed by atoms with Gasteiger partial charge in [0.25, 0.3) is 6.71 Å². The number of anilines is 6. The van der Waals surface area contributed by atoms with Gasteiger partial charge in [-0.05, 0) is 191 Å². The first-order valence-corrected chi connectivity index (χ1v) is 28.5. The molecular formula is C68H81BN2S. The van der Waals surface area contributed by atoms with Crippen LogP contribution in [0.15, 0.2) is 91.0 Å². The predicted molar refractivity (Wildman–Crippen MR) is 317 cm³/mol. The maximum absolute atomic E-state index is 2.77. The largest absolute Gasteiger partial charge is 0.311 e. The molecule has 2 aliphatic heterocycles. The molecule has 4 heteroatoms. The van der Waals surface area contributed by atoms with E-state index in [0.717, 1.165) is 0 Å². The standard InChI is InChI=1S/C68H81BN2S/c1-61(2,3)40-22-24-43-44-20-19-21-53(60(44)72-58(43)34-40)71-55-39-50-48(66(13,14)29-31-68(50,17)18)37-52(55)69-51-36-47-49(67(15,16)30-28-65(47,11)12)38-54(51)70(56-32-41(62(4,5)6)33-57(71)59(56)69)42-23-25-45-46(35-42)64(9,10)27-26-63(45,7)8/h19-25,32-39H,26-31H2,1-18H3. The van der Waals surface area contributed by atoms with Crippen LogP contribution < -0.4 is 26.2 Å². The number of nitrogens with zero attached hydrogens (tertiary/aromatic N) is 2. The highest BCUT2D eigenvalue weighted by molar-refractivity contribution is 7.26. The van der Waals surface area contributed by atoms with Crippen LogP contribution >= 0.6 is 11.3 Å². The number of rotatable bonds is 2. The Hall–Kier alpha value is -4.80. The molecule has 0 fully saturated rings. The van der Waals surface area contributed by atoms with Crippen LogP contribution in [0.25, 0.3) is 20.2 Å². The minimum absolute atomic E-state index is 0.0436. The van der Waals surface area contributed by atoms with Crippen LogP contribution in [0.2, 0.25) is 0 Å². The molecule has 1 aromatic heterocycles. The van der Waals surface area contributed by atoms with Crippen LogP contribution in [0.1, 0.15) is 208 Å². The van der Waals surface area contributed by atoms with E-state index in [1.54, 1.807) is 0 Å². The lowest BCUT2D eigenvalue weighted by Gasteiger charge is -2.49. The van der Waals surface area contributed by atoms with E-state index in [-0.39, 0.29) is 50.0 Å². The first kappa shape index (κ1) is 48.2. The molecule has 3 aliphatic carbocycles. The Kier molecular flexibility index (Phi) is 10.0. The quantitative estimate of drug-likeness (QED) is 0.159. The van der Waals surface area contributed by atoms with E-state index in [9.17, 15) is 0 Å². The lowest BCUT2D eigenvalue weighted by Crippen LogP contribution is -2.62. The van der Waals surface area contributed by atoms with Crippen LogP contribution in [0, 0.1) is 0 Å². The maximum Gasteiger partial charge on any atom is 0.252 e. The van der Waals surface area contributed by atoms with E-state index in [1.807, 2.05) is 11.3 Å². The van der Waals surface area contributed by atoms with E-state index in [2.05, 4.69) is 225 Å². The van der Waals surface area contributed by atoms with Gasteiger partial charge in [0.2, 0.25) is 0 Å². The van der Waals surface area contributed by atoms with E-state index in [0.29, 0.717) is 0 Å². The zero-order valence-corrected chi connectivity index (χ0v) is 48.1. The van der Waals surface area contributed by atoms with Crippen molar-refractivity contribution < 1.29 is 0 Å². The van der Waals surface area contributed by atoms with Gasteiger partial charge in [0.05, 0.1) is 10.4 Å². The van der Waals surface area contributed by atoms with Crippen molar-refractivity contribution in [2.75, 3.05) is 9.80 Å². The SMILES string of the molecule is CC(C)(C)c1cc2c3c(c1)N(c1cccc4c1sc1cc(C(C)(C)C)ccc14)c1cc4c(cc1B3c1cc3c(cc1N2c1ccc2c(c1)C(C)(C)CCC2(C)C)C(C)(C)CCC3(C)C)C(C)(C)CCC4(C)C. The minimum Gasteiger partial charge on any atom is -0.311 e. The molecule has 0 saturated heterocycles. The highest BCUT2D eigenvalue weighted by Gasteiger charge is 2.50. The van der Waals surface area contributed by atoms with Gasteiger partial charge in [-0.3, -0.25) is 0 Å². The Morgan fingerprint density at radius 3 is 1.38 bits per heavy atom. The molecule has 12 rings (SSSR count). The van der Waals surface area contributed by atoms with E-state index < -0.39 is 0 Å². The van der Waals surface area contributed by atoms with Crippen LogP contribution in [-0.2, 0) is 43.3 Å². The summed E-state index contributed by atoms with van der Waals surface area (Å²) in [6.45, 7) is 44.4. The minimum atomic E-state index is -0.114. The fourth-order valence-electron chi connectivity index (χ4n) is 14.2. The van der Waals surface area contributed by atoms with Gasteiger partial charge in [-0.2, -0.15) is 0 Å². The van der Waals surface area contributed by atoms with Crippen molar-refractivity contribution in [2.45, 2.75) is 206 Å². The second-order valence-electron chi connectivity index (χ2n) is 29.4. The molecule has 2 nitrogen and oxygen atoms in total. The maximum atomic E-state index is 2.77. The van der Waals surface area contributed by atoms with E-state index in [4.69, 9.17) is 0 Å². The fraction of sp³-hybridized carbons (Fsp3) is 0.471. The lowest BCUT2D eigenvalue weighted by molar-refractivity contribution is 0.332. The fourth-order valence-corrected chi connectivity index (χ4v) is 15.5. The second kappa shape index (κ2) is 15.0. The van der Waals surface area contributed by atoms with Crippen molar-refractivity contribution in [2.24, 2.45) is 0 Å². The van der Waals surface area contributed by atoms with Gasteiger partial charge in [0.15, 0.2) is 0 Å². The van der Waals surface area contributed by atoms with Crippen molar-refractivity contribution in [1.29, 1.82) is 0 Å². The highest BCUT2D eigenvalue weighted by atomic mass is 32.1. The molecule has 0 N–H and O–H groups in total. The van der Waals surface area contributed by atoms with Gasteiger partial charge in [-0.1, -0.05) is 167 Å². The first-order valence-electron chi connectivity index (χ1n) is 27.7. The third-order valence-electron chi connectivity index (χ3n) is 19.6. The number of hydrogen-bond acceptors (Lipinski definition) is 3. The summed E-state index contributed by atoms with van der Waals surface area (Å²) in [5.41, 5.74) is 24.5. The molecule has 72 heavy (non-hydrogen) atoms. The summed E-state index contributed by atoms with van der Waals surface area (Å²) in [5.74, 6) is 0. The third-order valence-corrected chi connectivity index (χ3v) is 20.7. The monoisotopic (exact) mass is 969 g/mol. The summed E-state index contributed by atoms with van der Waals surface area (Å²) in [4.78, 5) is 5.53. The topological polar surface area (TPSA) is 6.48 Å². The van der Waals surface area contributed by atoms with E-state index in [1.165, 1.54) is 154 Å². The summed E-state index contributed by atoms with van der Waals surface area (Å²) in [7, 11) is 0. The summed E-state index contributed by atoms with van der Waals surface area (Å²) in [6.07, 6.45) is 7.11. The van der Waals surface area contributed by atoms with Gasteiger partial charge in [0, 0.05) is 43.9 Å². The number of fused-ring (bicyclic) bond motifs is 10. The molecule has 0 saturated carbocycles. The van der Waals surface area contributed by atoms with Crippen molar-refractivity contribution >= 4 is 88.7 Å². The Morgan fingerprint density at radius 2 is 0.861 bits per heavy atom. The smallest absolute Gasteiger partial charge is 0.252 e. The molecule has 0 spiro atoms. The first-order chi connectivity index (χ1) is 33.4. The average molecular weight is 969 g/mol. The summed E-state index contributed by atoms with van der Waals surface area (Å²) in [6, 6.07) is 38.2. The van der Waals surface area contributed by atoms with Crippen LogP contribution in [0.4, 0.5) is 34.1 Å². The number of benzene rings is 6. The van der Waals surface area contributed by atoms with Gasteiger partial charge in [-0.15, -0.1) is 11.3 Å². The van der Waals surface area contributed by atoms with Gasteiger partial charge < -0.3 is 9.80 Å². The number of thiophene rings is 1. The van der Waals surface area contributed by atoms with E-state index >= 15 is 0 Å². The molecule has 0 radical (unpaired) electrons. The third kappa shape index (κ3) is 6.98. The molecule has 372 valence electrons. The molecule has 3 heterocycles. The molecule has 6 aromatic carbocycles. The zero-order chi connectivity index (χ0) is 51.4. The Balaban J connectivity index is 1.25. The van der Waals surface area contributed by atoms with Crippen molar-refractivity contribution in [3.63, 3.8) is 0 Å². The van der Waals surface area contributed by atoms with Gasteiger partial charge in [-0.25, -0.2) is 0 Å². The molecule has 0 atom stereocenters. The Bertz CT molecular complexity index is 3460. The molecule has 7 aromatic rings. The molecular weight excluding hydrogens is 888 g/mol. The summed E-state index contributed by atoms with van der Waals surface area (Å²) in [5, 5.41) is 2.70. The van der Waals surface area contributed by atoms with Crippen LogP contribution in [0.3, 0.4) is 0 Å². The Labute approximate surface area is 438 Å². The average Bonchev–Trinajstić information content (AvgIpc) is 3.68. The normalized spacial score (nSPS) is 20.6. The summed E-state index contributed by atoms with van der Waals surface area (Å²) < 4.78 is 2.73. The van der Waals surface area contributed by atoms with Crippen LogP contribution in [0.5, 0.6) is 0 Å². The second-order valence-corrected chi connectivity index (χ2v) is 30.5. The predicted octanol–water partition coefficient (Wildman–Crippen LogP) is 17.8. The highest BCUT2D eigenvalue weighted by Crippen LogP contribution is 2.56. The molecule has 0 amide bonds. The van der Waals surface area contributed by atoms with Crippen molar-refractivity contribution in [3.8, 4) is 0 Å². The molecule has 5 aliphatic rings. The van der Waals surface area contributed by atoms with Crippen LogP contribution in [-0.4, -0.2) is 6.71 Å².